The first kappa shape index (κ1) is 30.8. The molecule has 9 nitrogen and oxygen atoms in total. The van der Waals surface area contributed by atoms with Crippen molar-refractivity contribution in [3.05, 3.63) is 59.7 Å². The molecule has 0 aliphatic carbocycles. The molecule has 0 aromatic heterocycles. The Morgan fingerprint density at radius 1 is 0.677 bits per heavy atom. The normalized spacial score (nSPS) is 13.5. The minimum atomic E-state index is -4.43. The van der Waals surface area contributed by atoms with E-state index < -0.39 is 30.7 Å². The van der Waals surface area contributed by atoms with E-state index in [1.165, 1.54) is 48.5 Å². The van der Waals surface area contributed by atoms with E-state index in [9.17, 15) is 36.2 Å². The molecule has 0 heterocycles. The molecule has 0 fully saturated rings. The molecule has 2 rings (SSSR count). The molecule has 0 saturated heterocycles. The number of hydrogen-bond donors (Lipinski definition) is 4. The van der Waals surface area contributed by atoms with Gasteiger partial charge < -0.3 is 17.8 Å². The van der Waals surface area contributed by atoms with Crippen molar-refractivity contribution in [3.63, 3.8) is 0 Å². The van der Waals surface area contributed by atoms with E-state index >= 15 is 0 Å². The minimum Gasteiger partial charge on any atom is -1.00 e. The van der Waals surface area contributed by atoms with Gasteiger partial charge in [-0.15, -0.1) is 0 Å². The number of benzene rings is 2. The molecule has 0 radical (unpaired) electrons. The van der Waals surface area contributed by atoms with Crippen molar-refractivity contribution in [3.8, 4) is 11.5 Å². The van der Waals surface area contributed by atoms with Crippen molar-refractivity contribution in [2.24, 2.45) is 0 Å². The molecular formula is C18H24Na2O9S2. The first-order chi connectivity index (χ1) is 13.5. The third kappa shape index (κ3) is 10.1. The summed E-state index contributed by atoms with van der Waals surface area (Å²) in [6.07, 6.45) is -0.196. The van der Waals surface area contributed by atoms with Gasteiger partial charge in [-0.1, -0.05) is 24.3 Å². The van der Waals surface area contributed by atoms with Crippen LogP contribution in [0.2, 0.25) is 0 Å². The zero-order valence-corrected chi connectivity index (χ0v) is 22.9. The molecule has 2 atom stereocenters. The number of phenols is 2. The molecule has 4 N–H and O–H groups in total. The van der Waals surface area contributed by atoms with Crippen molar-refractivity contribution in [1.29, 1.82) is 0 Å². The quantitative estimate of drug-likeness (QED) is 0.151. The van der Waals surface area contributed by atoms with Crippen LogP contribution in [0.5, 0.6) is 11.5 Å². The van der Waals surface area contributed by atoms with Crippen LogP contribution in [0.1, 0.15) is 37.3 Å². The third-order valence-corrected chi connectivity index (χ3v) is 6.75. The Hall–Kier alpha value is -0.180. The van der Waals surface area contributed by atoms with E-state index in [2.05, 4.69) is 0 Å². The van der Waals surface area contributed by atoms with Gasteiger partial charge in [0, 0.05) is 13.2 Å². The Morgan fingerprint density at radius 2 is 0.968 bits per heavy atom. The number of phenolic OH excluding ortho intramolecular Hbond substituents is 2. The Morgan fingerprint density at radius 3 is 1.23 bits per heavy atom. The standard InChI is InChI=1S/C18H22O9S2.2Na.2H/c19-15-5-1-13(2-6-15)17(28(21,22)23)9-11-27-12-10-18(29(24,25)26)14-3-7-16(20)8-4-14;;;;/h1-8,17-20H,9-12H2,(H,21,22,23)(H,24,25,26);;;;/q;2*+1;2*-1. The van der Waals surface area contributed by atoms with E-state index in [-0.39, 0.29) is 111 Å². The maximum Gasteiger partial charge on any atom is 1.00 e. The predicted octanol–water partition coefficient (Wildman–Crippen LogP) is -3.31. The Bertz CT molecular complexity index is 936. The van der Waals surface area contributed by atoms with Gasteiger partial charge in [0.1, 0.15) is 22.0 Å². The van der Waals surface area contributed by atoms with Crippen LogP contribution < -0.4 is 59.1 Å². The fourth-order valence-corrected chi connectivity index (χ4v) is 4.63. The van der Waals surface area contributed by atoms with Crippen molar-refractivity contribution in [2.75, 3.05) is 13.2 Å². The van der Waals surface area contributed by atoms with Crippen molar-refractivity contribution >= 4 is 20.2 Å². The molecule has 0 saturated carbocycles. The average Bonchev–Trinajstić information content (AvgIpc) is 2.61. The topological polar surface area (TPSA) is 158 Å². The summed E-state index contributed by atoms with van der Waals surface area (Å²) < 4.78 is 70.8. The van der Waals surface area contributed by atoms with Crippen LogP contribution in [-0.4, -0.2) is 49.4 Å². The van der Waals surface area contributed by atoms with Crippen LogP contribution in [0.3, 0.4) is 0 Å². The van der Waals surface area contributed by atoms with E-state index in [0.29, 0.717) is 0 Å². The molecule has 164 valence electrons. The van der Waals surface area contributed by atoms with Gasteiger partial charge in [0.05, 0.1) is 0 Å². The van der Waals surface area contributed by atoms with Crippen LogP contribution in [0.25, 0.3) is 0 Å². The van der Waals surface area contributed by atoms with E-state index in [4.69, 9.17) is 4.74 Å². The first-order valence-electron chi connectivity index (χ1n) is 8.56. The summed E-state index contributed by atoms with van der Waals surface area (Å²) in [5, 5.41) is 16.1. The van der Waals surface area contributed by atoms with Crippen molar-refractivity contribution < 1.29 is 103 Å². The van der Waals surface area contributed by atoms with Crippen LogP contribution >= 0.6 is 0 Å². The van der Waals surface area contributed by atoms with Gasteiger partial charge in [-0.3, -0.25) is 9.11 Å². The van der Waals surface area contributed by atoms with Crippen LogP contribution in [0.4, 0.5) is 0 Å². The fraction of sp³-hybridized carbons (Fsp3) is 0.333. The van der Waals surface area contributed by atoms with Gasteiger partial charge in [0.25, 0.3) is 20.2 Å². The summed E-state index contributed by atoms with van der Waals surface area (Å²) >= 11 is 0. The molecule has 2 aromatic rings. The SMILES string of the molecule is O=S(=O)(O)C(CCOCCC(c1ccc(O)cc1)S(=O)(=O)O)c1ccc(O)cc1.[H-].[H-].[Na+].[Na+]. The Labute approximate surface area is 228 Å². The molecule has 13 heteroatoms. The molecule has 0 spiro atoms. The van der Waals surface area contributed by atoms with Crippen molar-refractivity contribution in [2.45, 2.75) is 23.3 Å². The third-order valence-electron chi connectivity index (χ3n) is 4.30. The molecule has 2 aromatic carbocycles. The summed E-state index contributed by atoms with van der Waals surface area (Å²) in [5.74, 6) is -0.103. The van der Waals surface area contributed by atoms with Crippen LogP contribution in [0, 0.1) is 0 Å². The predicted molar refractivity (Wildman–Crippen MR) is 107 cm³/mol. The zero-order chi connectivity index (χ0) is 21.7. The second-order valence-electron chi connectivity index (χ2n) is 6.38. The van der Waals surface area contributed by atoms with Gasteiger partial charge in [-0.25, -0.2) is 0 Å². The first-order valence-corrected chi connectivity index (χ1v) is 11.6. The molecule has 0 bridgehead atoms. The smallest absolute Gasteiger partial charge is 1.00 e. The second-order valence-corrected chi connectivity index (χ2v) is 9.58. The van der Waals surface area contributed by atoms with Crippen LogP contribution in [0.15, 0.2) is 48.5 Å². The monoisotopic (exact) mass is 494 g/mol. The minimum absolute atomic E-state index is 0. The fourth-order valence-electron chi connectivity index (χ4n) is 2.84. The number of aromatic hydroxyl groups is 2. The maximum absolute atomic E-state index is 11.6. The van der Waals surface area contributed by atoms with Crippen LogP contribution in [-0.2, 0) is 25.0 Å². The summed E-state index contributed by atoms with van der Waals surface area (Å²) in [7, 11) is -8.85. The Kier molecular flexibility index (Phi) is 13.4. The summed E-state index contributed by atoms with van der Waals surface area (Å²) in [6, 6.07) is 10.6. The zero-order valence-electron chi connectivity index (χ0n) is 19.2. The average molecular weight is 494 g/mol. The molecule has 31 heavy (non-hydrogen) atoms. The van der Waals surface area contributed by atoms with E-state index in [0.717, 1.165) is 0 Å². The van der Waals surface area contributed by atoms with Gasteiger partial charge >= 0.3 is 59.1 Å². The summed E-state index contributed by atoms with van der Waals surface area (Å²) in [6.45, 7) is -0.196. The van der Waals surface area contributed by atoms with Crippen molar-refractivity contribution in [1.82, 2.24) is 0 Å². The molecular weight excluding hydrogens is 470 g/mol. The van der Waals surface area contributed by atoms with Gasteiger partial charge in [-0.2, -0.15) is 16.8 Å². The van der Waals surface area contributed by atoms with Gasteiger partial charge in [0.2, 0.25) is 0 Å². The molecule has 2 unspecified atom stereocenters. The summed E-state index contributed by atoms with van der Waals surface area (Å²) in [5.41, 5.74) is 0.544. The largest absolute Gasteiger partial charge is 1.00 e. The second kappa shape index (κ2) is 13.5. The van der Waals surface area contributed by atoms with E-state index in [1.54, 1.807) is 0 Å². The number of rotatable bonds is 10. The molecule has 0 aliphatic rings. The molecule has 0 amide bonds. The molecule has 0 aliphatic heterocycles. The summed E-state index contributed by atoms with van der Waals surface area (Å²) in [4.78, 5) is 0. The number of ether oxygens (including phenoxy) is 1. The number of hydrogen-bond acceptors (Lipinski definition) is 7. The van der Waals surface area contributed by atoms with Gasteiger partial charge in [-0.05, 0) is 48.2 Å². The maximum atomic E-state index is 11.6. The van der Waals surface area contributed by atoms with E-state index in [1.807, 2.05) is 0 Å². The van der Waals surface area contributed by atoms with Gasteiger partial charge in [0.15, 0.2) is 0 Å². The Balaban J connectivity index is -0.00000225.